The van der Waals surface area contributed by atoms with Crippen LogP contribution < -0.4 is 10.6 Å². The lowest BCUT2D eigenvalue weighted by Gasteiger charge is -2.19. The van der Waals surface area contributed by atoms with Gasteiger partial charge in [0.2, 0.25) is 0 Å². The van der Waals surface area contributed by atoms with Gasteiger partial charge in [-0.25, -0.2) is 4.98 Å². The van der Waals surface area contributed by atoms with Crippen LogP contribution in [0.25, 0.3) is 11.3 Å². The molecule has 0 radical (unpaired) electrons. The number of nitrogens with zero attached hydrogens (tertiary/aromatic N) is 2. The van der Waals surface area contributed by atoms with Crippen molar-refractivity contribution in [1.82, 2.24) is 4.98 Å². The van der Waals surface area contributed by atoms with E-state index in [4.69, 9.17) is 10.7 Å². The fourth-order valence-corrected chi connectivity index (χ4v) is 4.05. The summed E-state index contributed by atoms with van der Waals surface area (Å²) >= 11 is 1.74. The molecular weight excluding hydrogens is 278 g/mol. The lowest BCUT2D eigenvalue weighted by atomic mass is 10.1. The number of thiazole rings is 1. The van der Waals surface area contributed by atoms with Gasteiger partial charge in [-0.15, -0.1) is 0 Å². The van der Waals surface area contributed by atoms with E-state index in [1.54, 1.807) is 11.3 Å². The van der Waals surface area contributed by atoms with Gasteiger partial charge in [-0.2, -0.15) is 0 Å². The van der Waals surface area contributed by atoms with Crippen LogP contribution in [0.15, 0.2) is 30.3 Å². The summed E-state index contributed by atoms with van der Waals surface area (Å²) in [5.74, 6) is 0.834. The minimum atomic E-state index is 0.555. The fraction of sp³-hybridized carbons (Fsp3) is 0.471. The summed E-state index contributed by atoms with van der Waals surface area (Å²) in [7, 11) is 2.16. The van der Waals surface area contributed by atoms with Gasteiger partial charge >= 0.3 is 0 Å². The Labute approximate surface area is 130 Å². The molecule has 2 aromatic rings. The molecule has 0 bridgehead atoms. The van der Waals surface area contributed by atoms with Crippen molar-refractivity contribution in [3.05, 3.63) is 35.2 Å². The Kier molecular flexibility index (Phi) is 4.56. The SMILES string of the molecule is CN(CC1CCCC1)c1nc(-c2ccccc2)c(CN)s1. The Bertz CT molecular complexity index is 573. The number of rotatable bonds is 5. The number of benzene rings is 1. The first-order chi connectivity index (χ1) is 10.3. The minimum Gasteiger partial charge on any atom is -0.351 e. The van der Waals surface area contributed by atoms with Gasteiger partial charge in [-0.1, -0.05) is 54.5 Å². The van der Waals surface area contributed by atoms with E-state index >= 15 is 0 Å². The minimum absolute atomic E-state index is 0.555. The first kappa shape index (κ1) is 14.5. The van der Waals surface area contributed by atoms with Crippen molar-refractivity contribution in [2.75, 3.05) is 18.5 Å². The second kappa shape index (κ2) is 6.58. The van der Waals surface area contributed by atoms with Crippen molar-refractivity contribution in [3.8, 4) is 11.3 Å². The Morgan fingerprint density at radius 1 is 1.24 bits per heavy atom. The molecule has 2 N–H and O–H groups in total. The number of nitrogens with two attached hydrogens (primary N) is 1. The highest BCUT2D eigenvalue weighted by molar-refractivity contribution is 7.16. The van der Waals surface area contributed by atoms with E-state index in [-0.39, 0.29) is 0 Å². The molecule has 1 aromatic heterocycles. The van der Waals surface area contributed by atoms with Crippen LogP contribution in [-0.2, 0) is 6.54 Å². The molecule has 1 aromatic carbocycles. The highest BCUT2D eigenvalue weighted by Gasteiger charge is 2.20. The summed E-state index contributed by atoms with van der Waals surface area (Å²) in [5, 5.41) is 1.10. The number of anilines is 1. The number of hydrogen-bond acceptors (Lipinski definition) is 4. The van der Waals surface area contributed by atoms with Crippen molar-refractivity contribution >= 4 is 16.5 Å². The van der Waals surface area contributed by atoms with Crippen LogP contribution in [0.3, 0.4) is 0 Å². The third-order valence-corrected chi connectivity index (χ3v) is 5.44. The first-order valence-electron chi connectivity index (χ1n) is 7.74. The van der Waals surface area contributed by atoms with E-state index in [0.717, 1.165) is 28.9 Å². The molecule has 112 valence electrons. The largest absolute Gasteiger partial charge is 0.351 e. The first-order valence-corrected chi connectivity index (χ1v) is 8.56. The molecule has 0 unspecified atom stereocenters. The zero-order chi connectivity index (χ0) is 14.7. The van der Waals surface area contributed by atoms with Gasteiger partial charge in [-0.05, 0) is 18.8 Å². The maximum atomic E-state index is 5.92. The Morgan fingerprint density at radius 3 is 2.62 bits per heavy atom. The van der Waals surface area contributed by atoms with Gasteiger partial charge in [0.1, 0.15) is 0 Å². The van der Waals surface area contributed by atoms with Gasteiger partial charge in [0.05, 0.1) is 5.69 Å². The lowest BCUT2D eigenvalue weighted by molar-refractivity contribution is 0.547. The topological polar surface area (TPSA) is 42.2 Å². The predicted molar refractivity (Wildman–Crippen MR) is 90.7 cm³/mol. The smallest absolute Gasteiger partial charge is 0.185 e. The summed E-state index contributed by atoms with van der Waals surface area (Å²) in [6, 6.07) is 10.4. The zero-order valence-electron chi connectivity index (χ0n) is 12.6. The molecule has 3 rings (SSSR count). The summed E-state index contributed by atoms with van der Waals surface area (Å²) in [6.45, 7) is 1.67. The van der Waals surface area contributed by atoms with E-state index in [0.29, 0.717) is 6.54 Å². The van der Waals surface area contributed by atoms with Crippen LogP contribution in [0.5, 0.6) is 0 Å². The third-order valence-electron chi connectivity index (χ3n) is 4.25. The molecule has 1 aliphatic rings. The summed E-state index contributed by atoms with van der Waals surface area (Å²) in [5.41, 5.74) is 8.13. The molecule has 0 saturated heterocycles. The van der Waals surface area contributed by atoms with Gasteiger partial charge in [0, 0.05) is 30.6 Å². The molecule has 21 heavy (non-hydrogen) atoms. The van der Waals surface area contributed by atoms with Gasteiger partial charge in [-0.3, -0.25) is 0 Å². The summed E-state index contributed by atoms with van der Waals surface area (Å²) < 4.78 is 0. The standard InChI is InChI=1S/C17H23N3S/c1-20(12-13-7-5-6-8-13)17-19-16(15(11-18)21-17)14-9-3-2-4-10-14/h2-4,9-10,13H,5-8,11-12,18H2,1H3. The predicted octanol–water partition coefficient (Wildman–Crippen LogP) is 3.90. The van der Waals surface area contributed by atoms with Crippen LogP contribution in [0, 0.1) is 5.92 Å². The van der Waals surface area contributed by atoms with Gasteiger partial charge in [0.15, 0.2) is 5.13 Å². The van der Waals surface area contributed by atoms with E-state index in [1.807, 2.05) is 6.07 Å². The zero-order valence-corrected chi connectivity index (χ0v) is 13.4. The molecule has 3 nitrogen and oxygen atoms in total. The second-order valence-corrected chi connectivity index (χ2v) is 6.93. The van der Waals surface area contributed by atoms with Gasteiger partial charge < -0.3 is 10.6 Å². The van der Waals surface area contributed by atoms with Crippen molar-refractivity contribution in [3.63, 3.8) is 0 Å². The maximum absolute atomic E-state index is 5.92. The van der Waals surface area contributed by atoms with Crippen LogP contribution in [0.2, 0.25) is 0 Å². The second-order valence-electron chi connectivity index (χ2n) is 5.87. The molecule has 1 aliphatic carbocycles. The van der Waals surface area contributed by atoms with E-state index in [2.05, 4.69) is 36.2 Å². The third kappa shape index (κ3) is 3.27. The fourth-order valence-electron chi connectivity index (χ4n) is 3.12. The molecule has 0 atom stereocenters. The lowest BCUT2D eigenvalue weighted by Crippen LogP contribution is -2.23. The van der Waals surface area contributed by atoms with Crippen LogP contribution in [0.4, 0.5) is 5.13 Å². The normalized spacial score (nSPS) is 15.5. The molecule has 0 spiro atoms. The number of hydrogen-bond donors (Lipinski definition) is 1. The molecule has 0 aliphatic heterocycles. The van der Waals surface area contributed by atoms with E-state index in [9.17, 15) is 0 Å². The number of aromatic nitrogens is 1. The van der Waals surface area contributed by atoms with Gasteiger partial charge in [0.25, 0.3) is 0 Å². The van der Waals surface area contributed by atoms with Crippen molar-refractivity contribution in [2.24, 2.45) is 11.7 Å². The molecule has 1 fully saturated rings. The average molecular weight is 301 g/mol. The van der Waals surface area contributed by atoms with Crippen molar-refractivity contribution in [1.29, 1.82) is 0 Å². The monoisotopic (exact) mass is 301 g/mol. The van der Waals surface area contributed by atoms with Crippen LogP contribution >= 0.6 is 11.3 Å². The molecule has 4 heteroatoms. The molecule has 1 saturated carbocycles. The van der Waals surface area contributed by atoms with Crippen molar-refractivity contribution in [2.45, 2.75) is 32.2 Å². The molecular formula is C17H23N3S. The van der Waals surface area contributed by atoms with Crippen LogP contribution in [0.1, 0.15) is 30.6 Å². The van der Waals surface area contributed by atoms with E-state index in [1.165, 1.54) is 30.6 Å². The molecule has 1 heterocycles. The van der Waals surface area contributed by atoms with Crippen LogP contribution in [-0.4, -0.2) is 18.6 Å². The Balaban J connectivity index is 1.81. The highest BCUT2D eigenvalue weighted by Crippen LogP contribution is 2.34. The summed E-state index contributed by atoms with van der Waals surface area (Å²) in [4.78, 5) is 8.34. The average Bonchev–Trinajstić information content (AvgIpc) is 3.17. The van der Waals surface area contributed by atoms with E-state index < -0.39 is 0 Å². The Hall–Kier alpha value is -1.39. The summed E-state index contributed by atoms with van der Waals surface area (Å²) in [6.07, 6.45) is 5.51. The highest BCUT2D eigenvalue weighted by atomic mass is 32.1. The maximum Gasteiger partial charge on any atom is 0.185 e. The Morgan fingerprint density at radius 2 is 1.95 bits per heavy atom. The van der Waals surface area contributed by atoms with Crippen molar-refractivity contribution < 1.29 is 0 Å². The quantitative estimate of drug-likeness (QED) is 0.911. The molecule has 0 amide bonds.